The summed E-state index contributed by atoms with van der Waals surface area (Å²) >= 11 is 0. The molecule has 0 spiro atoms. The Morgan fingerprint density at radius 2 is 1.86 bits per heavy atom. The molecule has 0 N–H and O–H groups in total. The van der Waals surface area contributed by atoms with E-state index in [2.05, 4.69) is 4.74 Å². The van der Waals surface area contributed by atoms with Crippen LogP contribution in [0.3, 0.4) is 0 Å². The largest absolute Gasteiger partial charge is 0.433 e. The summed E-state index contributed by atoms with van der Waals surface area (Å²) in [5.74, 6) is -0.461. The van der Waals surface area contributed by atoms with Crippen LogP contribution in [0.25, 0.3) is 0 Å². The molecule has 1 aromatic rings. The molecule has 0 aromatic heterocycles. The molecule has 0 amide bonds. The number of alkyl halides is 2. The second kappa shape index (κ2) is 4.10. The highest BCUT2D eigenvalue weighted by molar-refractivity contribution is 8.13. The molecule has 0 aliphatic rings. The van der Waals surface area contributed by atoms with Crippen LogP contribution in [0, 0.1) is 0 Å². The molecule has 0 bridgehead atoms. The minimum absolute atomic E-state index is 0.461. The third kappa shape index (κ3) is 2.81. The van der Waals surface area contributed by atoms with Gasteiger partial charge in [0, 0.05) is 10.7 Å². The smallest absolute Gasteiger partial charge is 0.387 e. The molecule has 14 heavy (non-hydrogen) atoms. The van der Waals surface area contributed by atoms with Crippen LogP contribution in [-0.2, 0) is 9.05 Å². The van der Waals surface area contributed by atoms with Gasteiger partial charge in [-0.2, -0.15) is 8.78 Å². The lowest BCUT2D eigenvalue weighted by molar-refractivity contribution is -0.0517. The van der Waals surface area contributed by atoms with Crippen molar-refractivity contribution in [2.24, 2.45) is 0 Å². The summed E-state index contributed by atoms with van der Waals surface area (Å²) in [5.41, 5.74) is 0. The van der Waals surface area contributed by atoms with E-state index in [9.17, 15) is 17.2 Å². The van der Waals surface area contributed by atoms with E-state index in [-0.39, 0.29) is 0 Å². The Bertz CT molecular complexity index is 419. The van der Waals surface area contributed by atoms with Gasteiger partial charge in [-0.1, -0.05) is 12.1 Å². The zero-order valence-electron chi connectivity index (χ0n) is 6.65. The molecule has 0 saturated heterocycles. The average molecular weight is 243 g/mol. The van der Waals surface area contributed by atoms with Crippen LogP contribution in [0.1, 0.15) is 0 Å². The fourth-order valence-corrected chi connectivity index (χ4v) is 1.82. The van der Waals surface area contributed by atoms with Crippen molar-refractivity contribution in [3.8, 4) is 5.75 Å². The molecule has 0 aliphatic heterocycles. The predicted octanol–water partition coefficient (Wildman–Crippen LogP) is 2.22. The number of ether oxygens (including phenoxy) is 1. The van der Waals surface area contributed by atoms with E-state index in [4.69, 9.17) is 10.7 Å². The van der Waals surface area contributed by atoms with Crippen LogP contribution < -0.4 is 4.74 Å². The minimum atomic E-state index is -4.07. The number of rotatable bonds is 3. The Balaban J connectivity index is 3.17. The first-order valence-corrected chi connectivity index (χ1v) is 5.70. The topological polar surface area (TPSA) is 43.4 Å². The maximum absolute atomic E-state index is 11.8. The van der Waals surface area contributed by atoms with Crippen molar-refractivity contribution in [3.63, 3.8) is 0 Å². The molecule has 7 heteroatoms. The summed E-state index contributed by atoms with van der Waals surface area (Å²) < 4.78 is 49.4. The van der Waals surface area contributed by atoms with Crippen molar-refractivity contribution in [1.29, 1.82) is 0 Å². The van der Waals surface area contributed by atoms with Gasteiger partial charge in [0.25, 0.3) is 9.05 Å². The first kappa shape index (κ1) is 11.2. The van der Waals surface area contributed by atoms with Crippen molar-refractivity contribution in [2.75, 3.05) is 0 Å². The first-order valence-electron chi connectivity index (χ1n) is 3.40. The lowest BCUT2D eigenvalue weighted by atomic mass is 10.3. The van der Waals surface area contributed by atoms with Crippen LogP contribution in [0.15, 0.2) is 29.2 Å². The minimum Gasteiger partial charge on any atom is -0.433 e. The Kier molecular flexibility index (Phi) is 3.28. The summed E-state index contributed by atoms with van der Waals surface area (Å²) in [6.07, 6.45) is 0. The summed E-state index contributed by atoms with van der Waals surface area (Å²) in [4.78, 5) is -0.470. The van der Waals surface area contributed by atoms with Gasteiger partial charge in [0.15, 0.2) is 0 Å². The van der Waals surface area contributed by atoms with E-state index in [0.29, 0.717) is 0 Å². The van der Waals surface area contributed by atoms with Crippen LogP contribution in [0.5, 0.6) is 5.75 Å². The number of hydrogen-bond acceptors (Lipinski definition) is 3. The Labute approximate surface area is 83.7 Å². The summed E-state index contributed by atoms with van der Waals surface area (Å²) in [7, 11) is 0.929. The molecule has 0 fully saturated rings. The highest BCUT2D eigenvalue weighted by Crippen LogP contribution is 2.27. The van der Waals surface area contributed by atoms with Crippen molar-refractivity contribution < 1.29 is 21.9 Å². The van der Waals surface area contributed by atoms with Gasteiger partial charge in [-0.15, -0.1) is 0 Å². The average Bonchev–Trinajstić information content (AvgIpc) is 2.01. The zero-order chi connectivity index (χ0) is 10.8. The SMILES string of the molecule is O=S(=O)(Cl)c1ccccc1OC(F)F. The number of halogens is 3. The quantitative estimate of drug-likeness (QED) is 0.764. The highest BCUT2D eigenvalue weighted by Gasteiger charge is 2.18. The molecule has 0 radical (unpaired) electrons. The maximum Gasteiger partial charge on any atom is 0.387 e. The molecule has 0 aliphatic carbocycles. The molecular formula is C7H5ClF2O3S. The molecule has 0 unspecified atom stereocenters. The molecule has 78 valence electrons. The van der Waals surface area contributed by atoms with E-state index < -0.39 is 26.3 Å². The lowest BCUT2D eigenvalue weighted by Crippen LogP contribution is -2.05. The highest BCUT2D eigenvalue weighted by atomic mass is 35.7. The molecular weight excluding hydrogens is 238 g/mol. The standard InChI is InChI=1S/C7H5ClF2O3S/c8-14(11,12)6-4-2-1-3-5(6)13-7(9)10/h1-4,7H. The number of hydrogen-bond donors (Lipinski definition) is 0. The van der Waals surface area contributed by atoms with Gasteiger partial charge in [0.1, 0.15) is 10.6 Å². The van der Waals surface area contributed by atoms with E-state index >= 15 is 0 Å². The third-order valence-corrected chi connectivity index (χ3v) is 2.69. The first-order chi connectivity index (χ1) is 6.41. The van der Waals surface area contributed by atoms with Crippen LogP contribution >= 0.6 is 10.7 Å². The van der Waals surface area contributed by atoms with E-state index in [1.165, 1.54) is 12.1 Å². The van der Waals surface area contributed by atoms with Crippen molar-refractivity contribution in [2.45, 2.75) is 11.5 Å². The number of para-hydroxylation sites is 1. The van der Waals surface area contributed by atoms with Crippen LogP contribution in [-0.4, -0.2) is 15.0 Å². The molecule has 0 saturated carbocycles. The van der Waals surface area contributed by atoms with Crippen molar-refractivity contribution in [3.05, 3.63) is 24.3 Å². The van der Waals surface area contributed by atoms with Gasteiger partial charge in [0.05, 0.1) is 0 Å². The lowest BCUT2D eigenvalue weighted by Gasteiger charge is -2.07. The molecule has 1 rings (SSSR count). The molecule has 1 aromatic carbocycles. The van der Waals surface area contributed by atoms with Gasteiger partial charge in [-0.3, -0.25) is 0 Å². The van der Waals surface area contributed by atoms with Gasteiger partial charge >= 0.3 is 6.61 Å². The normalized spacial score (nSPS) is 11.7. The third-order valence-electron chi connectivity index (χ3n) is 1.33. The van der Waals surface area contributed by atoms with Crippen molar-refractivity contribution in [1.82, 2.24) is 0 Å². The molecule has 0 atom stereocenters. The molecule has 0 heterocycles. The fourth-order valence-electron chi connectivity index (χ4n) is 0.845. The molecule has 3 nitrogen and oxygen atoms in total. The monoisotopic (exact) mass is 242 g/mol. The summed E-state index contributed by atoms with van der Waals surface area (Å²) in [6, 6.07) is 4.90. The zero-order valence-corrected chi connectivity index (χ0v) is 8.23. The van der Waals surface area contributed by atoms with Gasteiger partial charge in [0.2, 0.25) is 0 Å². The predicted molar refractivity (Wildman–Crippen MR) is 46.1 cm³/mol. The fraction of sp³-hybridized carbons (Fsp3) is 0.143. The van der Waals surface area contributed by atoms with Gasteiger partial charge in [-0.25, -0.2) is 8.42 Å². The van der Waals surface area contributed by atoms with Gasteiger partial charge in [-0.05, 0) is 12.1 Å². The van der Waals surface area contributed by atoms with E-state index in [1.54, 1.807) is 0 Å². The van der Waals surface area contributed by atoms with Crippen molar-refractivity contribution >= 4 is 19.7 Å². The maximum atomic E-state index is 11.8. The second-order valence-corrected chi connectivity index (χ2v) is 4.80. The number of benzene rings is 1. The van der Waals surface area contributed by atoms with E-state index in [0.717, 1.165) is 12.1 Å². The van der Waals surface area contributed by atoms with E-state index in [1.807, 2.05) is 0 Å². The Hall–Kier alpha value is -0.880. The Morgan fingerprint density at radius 3 is 2.36 bits per heavy atom. The van der Waals surface area contributed by atoms with Crippen LogP contribution in [0.4, 0.5) is 8.78 Å². The second-order valence-electron chi connectivity index (χ2n) is 2.26. The Morgan fingerprint density at radius 1 is 1.29 bits per heavy atom. The summed E-state index contributed by atoms with van der Waals surface area (Å²) in [6.45, 7) is -3.09. The van der Waals surface area contributed by atoms with Crippen LogP contribution in [0.2, 0.25) is 0 Å². The summed E-state index contributed by atoms with van der Waals surface area (Å²) in [5, 5.41) is 0. The van der Waals surface area contributed by atoms with Gasteiger partial charge < -0.3 is 4.74 Å².